The fourth-order valence-electron chi connectivity index (χ4n) is 3.02. The van der Waals surface area contributed by atoms with Gasteiger partial charge in [-0.15, -0.1) is 0 Å². The van der Waals surface area contributed by atoms with Crippen LogP contribution in [-0.4, -0.2) is 6.04 Å². The van der Waals surface area contributed by atoms with Crippen molar-refractivity contribution in [3.05, 3.63) is 69.7 Å². The third kappa shape index (κ3) is 3.24. The highest BCUT2D eigenvalue weighted by Gasteiger charge is 2.43. The maximum Gasteiger partial charge on any atom is 0.0624 e. The van der Waals surface area contributed by atoms with E-state index >= 15 is 0 Å². The Morgan fingerprint density at radius 3 is 2.57 bits per heavy atom. The molecule has 1 fully saturated rings. The molecule has 1 aliphatic rings. The summed E-state index contributed by atoms with van der Waals surface area (Å²) in [5.74, 6) is 6.90. The van der Waals surface area contributed by atoms with E-state index in [0.717, 1.165) is 18.4 Å². The number of benzene rings is 2. The van der Waals surface area contributed by atoms with Crippen LogP contribution in [0.25, 0.3) is 0 Å². The summed E-state index contributed by atoms with van der Waals surface area (Å²) in [6.07, 6.45) is 1.96. The summed E-state index contributed by atoms with van der Waals surface area (Å²) in [6, 6.07) is 16.6. The van der Waals surface area contributed by atoms with Crippen molar-refractivity contribution in [2.24, 2.45) is 11.8 Å². The second-order valence-electron chi connectivity index (χ2n) is 5.61. The number of hydrogen-bond donors (Lipinski definition) is 2. The largest absolute Gasteiger partial charge is 0.271 e. The molecule has 2 aromatic rings. The molecule has 0 saturated heterocycles. The van der Waals surface area contributed by atoms with Gasteiger partial charge in [0.25, 0.3) is 0 Å². The fraction of sp³-hybridized carbons (Fsp3) is 0.294. The summed E-state index contributed by atoms with van der Waals surface area (Å²) < 4.78 is 0. The van der Waals surface area contributed by atoms with Crippen LogP contribution in [0.15, 0.2) is 48.5 Å². The molecule has 110 valence electrons. The quantitative estimate of drug-likeness (QED) is 0.641. The molecular formula is C17H18Cl2N2. The van der Waals surface area contributed by atoms with Gasteiger partial charge in [-0.05, 0) is 41.9 Å². The van der Waals surface area contributed by atoms with E-state index < -0.39 is 0 Å². The van der Waals surface area contributed by atoms with E-state index in [9.17, 15) is 0 Å². The number of rotatable bonds is 5. The molecule has 3 N–H and O–H groups in total. The number of hydrazine groups is 1. The molecule has 21 heavy (non-hydrogen) atoms. The lowest BCUT2D eigenvalue weighted by atomic mass is 9.99. The Morgan fingerprint density at radius 1 is 1.10 bits per heavy atom. The lowest BCUT2D eigenvalue weighted by Crippen LogP contribution is -2.39. The molecule has 3 rings (SSSR count). The van der Waals surface area contributed by atoms with Crippen molar-refractivity contribution in [2.75, 3.05) is 0 Å². The van der Waals surface area contributed by atoms with Gasteiger partial charge in [0.05, 0.1) is 10.0 Å². The van der Waals surface area contributed by atoms with Gasteiger partial charge in [-0.1, -0.05) is 65.7 Å². The van der Waals surface area contributed by atoms with E-state index in [1.54, 1.807) is 0 Å². The van der Waals surface area contributed by atoms with E-state index in [1.165, 1.54) is 5.56 Å². The molecule has 4 heteroatoms. The summed E-state index contributed by atoms with van der Waals surface area (Å²) >= 11 is 12.3. The highest BCUT2D eigenvalue weighted by atomic mass is 35.5. The first-order valence-corrected chi connectivity index (χ1v) is 7.90. The zero-order valence-corrected chi connectivity index (χ0v) is 13.1. The normalized spacial score (nSPS) is 22.0. The highest BCUT2D eigenvalue weighted by molar-refractivity contribution is 6.42. The summed E-state index contributed by atoms with van der Waals surface area (Å²) in [5.41, 5.74) is 5.39. The second-order valence-corrected chi connectivity index (χ2v) is 6.39. The molecular weight excluding hydrogens is 303 g/mol. The maximum absolute atomic E-state index is 6.27. The lowest BCUT2D eigenvalue weighted by molar-refractivity contribution is 0.464. The van der Waals surface area contributed by atoms with Crippen molar-refractivity contribution >= 4 is 23.2 Å². The van der Waals surface area contributed by atoms with Gasteiger partial charge < -0.3 is 0 Å². The average molecular weight is 321 g/mol. The van der Waals surface area contributed by atoms with Crippen LogP contribution in [0.5, 0.6) is 0 Å². The summed E-state index contributed by atoms with van der Waals surface area (Å²) in [7, 11) is 0. The van der Waals surface area contributed by atoms with Gasteiger partial charge in [0, 0.05) is 6.04 Å². The topological polar surface area (TPSA) is 38.0 Å². The van der Waals surface area contributed by atoms with Gasteiger partial charge in [0.2, 0.25) is 0 Å². The first kappa shape index (κ1) is 14.9. The zero-order chi connectivity index (χ0) is 14.8. The zero-order valence-electron chi connectivity index (χ0n) is 11.6. The van der Waals surface area contributed by atoms with E-state index in [-0.39, 0.29) is 6.04 Å². The fourth-order valence-corrected chi connectivity index (χ4v) is 3.42. The van der Waals surface area contributed by atoms with Crippen molar-refractivity contribution in [3.63, 3.8) is 0 Å². The summed E-state index contributed by atoms with van der Waals surface area (Å²) in [4.78, 5) is 0. The highest BCUT2D eigenvalue weighted by Crippen LogP contribution is 2.50. The lowest BCUT2D eigenvalue weighted by Gasteiger charge is -2.17. The Labute approximate surface area is 135 Å². The molecule has 0 aromatic heterocycles. The molecule has 1 aliphatic carbocycles. The molecule has 3 atom stereocenters. The van der Waals surface area contributed by atoms with E-state index in [1.807, 2.05) is 24.3 Å². The van der Waals surface area contributed by atoms with Crippen LogP contribution in [0.3, 0.4) is 0 Å². The van der Waals surface area contributed by atoms with Crippen LogP contribution in [0.4, 0.5) is 0 Å². The molecule has 0 amide bonds. The van der Waals surface area contributed by atoms with Gasteiger partial charge in [0.1, 0.15) is 0 Å². The Balaban J connectivity index is 1.71. The van der Waals surface area contributed by atoms with Crippen LogP contribution in [0.1, 0.15) is 23.5 Å². The molecule has 2 nitrogen and oxygen atoms in total. The molecule has 0 bridgehead atoms. The smallest absolute Gasteiger partial charge is 0.0624 e. The monoisotopic (exact) mass is 320 g/mol. The van der Waals surface area contributed by atoms with Crippen molar-refractivity contribution in [1.29, 1.82) is 0 Å². The SMILES string of the molecule is NNC(Cc1cccc(Cl)c1Cl)C1CC1c1ccccc1. The molecule has 0 heterocycles. The number of nitrogens with two attached hydrogens (primary N) is 1. The summed E-state index contributed by atoms with van der Waals surface area (Å²) in [6.45, 7) is 0. The van der Waals surface area contributed by atoms with Crippen LogP contribution in [0, 0.1) is 5.92 Å². The standard InChI is InChI=1S/C17H18Cl2N2/c18-15-8-4-7-12(17(15)19)9-16(21-20)14-10-13(14)11-5-2-1-3-6-11/h1-8,13-14,16,21H,9-10,20H2. The number of halogens is 2. The van der Waals surface area contributed by atoms with Crippen LogP contribution < -0.4 is 11.3 Å². The van der Waals surface area contributed by atoms with E-state index in [2.05, 4.69) is 29.7 Å². The van der Waals surface area contributed by atoms with Crippen molar-refractivity contribution in [3.8, 4) is 0 Å². The first-order valence-electron chi connectivity index (χ1n) is 7.14. The molecule has 0 radical (unpaired) electrons. The molecule has 0 aliphatic heterocycles. The van der Waals surface area contributed by atoms with Crippen LogP contribution in [0.2, 0.25) is 10.0 Å². The Kier molecular flexibility index (Phi) is 4.51. The predicted octanol–water partition coefficient (Wildman–Crippen LogP) is 4.17. The minimum Gasteiger partial charge on any atom is -0.271 e. The number of hydrogen-bond acceptors (Lipinski definition) is 2. The molecule has 3 unspecified atom stereocenters. The Morgan fingerprint density at radius 2 is 1.86 bits per heavy atom. The number of nitrogens with one attached hydrogen (secondary N) is 1. The van der Waals surface area contributed by atoms with Crippen LogP contribution in [-0.2, 0) is 6.42 Å². The molecule has 1 saturated carbocycles. The van der Waals surface area contributed by atoms with Gasteiger partial charge in [-0.25, -0.2) is 0 Å². The third-order valence-corrected chi connectivity index (χ3v) is 5.13. The van der Waals surface area contributed by atoms with Crippen LogP contribution >= 0.6 is 23.2 Å². The Hall–Kier alpha value is -1.06. The third-order valence-electron chi connectivity index (χ3n) is 4.27. The maximum atomic E-state index is 6.27. The van der Waals surface area contributed by atoms with Gasteiger partial charge in [0.15, 0.2) is 0 Å². The van der Waals surface area contributed by atoms with E-state index in [4.69, 9.17) is 29.0 Å². The van der Waals surface area contributed by atoms with Gasteiger partial charge in [-0.2, -0.15) is 0 Å². The van der Waals surface area contributed by atoms with Crippen molar-refractivity contribution < 1.29 is 0 Å². The minimum absolute atomic E-state index is 0.214. The second kappa shape index (κ2) is 6.37. The van der Waals surface area contributed by atoms with Crippen molar-refractivity contribution in [2.45, 2.75) is 24.8 Å². The minimum atomic E-state index is 0.214. The van der Waals surface area contributed by atoms with Crippen molar-refractivity contribution in [1.82, 2.24) is 5.43 Å². The predicted molar refractivity (Wildman–Crippen MR) is 88.6 cm³/mol. The van der Waals surface area contributed by atoms with E-state index in [0.29, 0.717) is 21.9 Å². The van der Waals surface area contributed by atoms with Gasteiger partial charge >= 0.3 is 0 Å². The molecule has 0 spiro atoms. The molecule has 2 aromatic carbocycles. The Bertz CT molecular complexity index is 615. The average Bonchev–Trinajstić information content (AvgIpc) is 3.30. The van der Waals surface area contributed by atoms with Gasteiger partial charge in [-0.3, -0.25) is 11.3 Å². The summed E-state index contributed by atoms with van der Waals surface area (Å²) in [5, 5.41) is 1.23. The first-order chi connectivity index (χ1) is 10.2.